The smallest absolute Gasteiger partial charge is 0.337 e. The first-order valence-electron chi connectivity index (χ1n) is 10.6. The first kappa shape index (κ1) is 25.1. The number of nitrogen functional groups attached to an aromatic ring is 1. The second-order valence-electron chi connectivity index (χ2n) is 7.72. The molecule has 1 aromatic carbocycles. The Labute approximate surface area is 203 Å². The molecule has 6 N–H and O–H groups in total. The van der Waals surface area contributed by atoms with Gasteiger partial charge in [0, 0.05) is 5.75 Å². The number of anilines is 1. The van der Waals surface area contributed by atoms with Crippen molar-refractivity contribution in [1.82, 2.24) is 19.5 Å². The summed E-state index contributed by atoms with van der Waals surface area (Å²) in [6.45, 7) is -0.530. The fraction of sp³-hybridized carbons (Fsp3) is 0.429. The van der Waals surface area contributed by atoms with Gasteiger partial charge in [0.2, 0.25) is 0 Å². The van der Waals surface area contributed by atoms with E-state index in [2.05, 4.69) is 19.7 Å². The number of nitrogens with zero attached hydrogens (tertiary/aromatic N) is 4. The summed E-state index contributed by atoms with van der Waals surface area (Å²) in [5.74, 6) is 0.256. The average molecular weight is 508 g/mol. The summed E-state index contributed by atoms with van der Waals surface area (Å²) in [4.78, 5) is 24.1. The lowest BCUT2D eigenvalue weighted by molar-refractivity contribution is -0.0548. The molecule has 1 saturated heterocycles. The molecule has 1 aliphatic rings. The number of hydrogen-bond donors (Lipinski definition) is 5. The zero-order chi connectivity index (χ0) is 25.1. The van der Waals surface area contributed by atoms with E-state index in [1.165, 1.54) is 18.0 Å². The van der Waals surface area contributed by atoms with E-state index >= 15 is 0 Å². The number of rotatable bonds is 9. The molecular weight excluding hydrogens is 482 g/mol. The van der Waals surface area contributed by atoms with Crippen molar-refractivity contribution in [1.29, 1.82) is 0 Å². The molecule has 5 atom stereocenters. The fourth-order valence-corrected chi connectivity index (χ4v) is 4.47. The third-order valence-electron chi connectivity index (χ3n) is 5.37. The SMILES string of the molecule is COC(=O)c1ccc(OCC(O)CSc2nc3c(N)ncnc3n2[C@@H]2O[C@H](CO)[C@@H](O)[C@H]2O)cc1. The lowest BCUT2D eigenvalue weighted by atomic mass is 10.1. The molecule has 1 fully saturated rings. The first-order valence-corrected chi connectivity index (χ1v) is 11.6. The Balaban J connectivity index is 1.47. The number of hydrogen-bond acceptors (Lipinski definition) is 13. The minimum Gasteiger partial charge on any atom is -0.491 e. The highest BCUT2D eigenvalue weighted by Crippen LogP contribution is 2.36. The van der Waals surface area contributed by atoms with Gasteiger partial charge in [0.05, 0.1) is 25.4 Å². The molecule has 3 heterocycles. The molecule has 2 aromatic heterocycles. The van der Waals surface area contributed by atoms with Gasteiger partial charge in [-0.2, -0.15) is 0 Å². The van der Waals surface area contributed by atoms with Crippen LogP contribution < -0.4 is 10.5 Å². The summed E-state index contributed by atoms with van der Waals surface area (Å²) in [6, 6.07) is 6.29. The predicted molar refractivity (Wildman–Crippen MR) is 123 cm³/mol. The Morgan fingerprint density at radius 2 is 2.00 bits per heavy atom. The number of thioether (sulfide) groups is 1. The molecule has 3 aromatic rings. The van der Waals surface area contributed by atoms with Crippen LogP contribution in [-0.4, -0.2) is 96.4 Å². The second-order valence-corrected chi connectivity index (χ2v) is 8.70. The molecule has 0 bridgehead atoms. The average Bonchev–Trinajstić information content (AvgIpc) is 3.38. The van der Waals surface area contributed by atoms with Crippen LogP contribution in [0.15, 0.2) is 35.7 Å². The maximum absolute atomic E-state index is 11.5. The minimum absolute atomic E-state index is 0.0411. The molecule has 0 aliphatic carbocycles. The van der Waals surface area contributed by atoms with Gasteiger partial charge in [-0.3, -0.25) is 4.57 Å². The standard InChI is InChI=1S/C21H25N5O8S/c1-32-20(31)10-2-4-12(5-3-10)33-7-11(28)8-35-21-25-14-17(22)23-9-24-18(14)26(21)19-16(30)15(29)13(6-27)34-19/h2-5,9,11,13,15-16,19,27-30H,6-8H2,1H3,(H2,22,23,24)/t11?,13-,15-,16-,19-/m1/s1. The topological polar surface area (TPSA) is 195 Å². The molecule has 188 valence electrons. The van der Waals surface area contributed by atoms with Gasteiger partial charge < -0.3 is 40.4 Å². The Bertz CT molecular complexity index is 1180. The monoisotopic (exact) mass is 507 g/mol. The third kappa shape index (κ3) is 5.17. The third-order valence-corrected chi connectivity index (χ3v) is 6.46. The van der Waals surface area contributed by atoms with E-state index in [1.807, 2.05) is 0 Å². The molecule has 0 radical (unpaired) electrons. The largest absolute Gasteiger partial charge is 0.491 e. The highest BCUT2D eigenvalue weighted by atomic mass is 32.2. The maximum Gasteiger partial charge on any atom is 0.337 e. The van der Waals surface area contributed by atoms with Crippen molar-refractivity contribution in [3.05, 3.63) is 36.2 Å². The molecule has 4 rings (SSSR count). The number of aromatic nitrogens is 4. The van der Waals surface area contributed by atoms with Crippen LogP contribution >= 0.6 is 11.8 Å². The lowest BCUT2D eigenvalue weighted by Crippen LogP contribution is -2.33. The Kier molecular flexibility index (Phi) is 7.69. The van der Waals surface area contributed by atoms with Crippen LogP contribution in [-0.2, 0) is 9.47 Å². The molecule has 0 spiro atoms. The van der Waals surface area contributed by atoms with Crippen molar-refractivity contribution in [2.75, 3.05) is 31.8 Å². The number of carbonyl (C=O) groups excluding carboxylic acids is 1. The Hall–Kier alpha value is -3.01. The number of benzene rings is 1. The molecule has 14 heteroatoms. The number of aliphatic hydroxyl groups excluding tert-OH is 4. The molecule has 35 heavy (non-hydrogen) atoms. The van der Waals surface area contributed by atoms with Crippen molar-refractivity contribution in [2.45, 2.75) is 35.8 Å². The molecule has 13 nitrogen and oxygen atoms in total. The molecule has 0 amide bonds. The van der Waals surface area contributed by atoms with Gasteiger partial charge in [-0.1, -0.05) is 11.8 Å². The van der Waals surface area contributed by atoms with Gasteiger partial charge in [0.25, 0.3) is 0 Å². The van der Waals surface area contributed by atoms with Gasteiger partial charge in [-0.25, -0.2) is 19.7 Å². The highest BCUT2D eigenvalue weighted by Gasteiger charge is 2.45. The Morgan fingerprint density at radius 3 is 2.66 bits per heavy atom. The minimum atomic E-state index is -1.36. The maximum atomic E-state index is 11.5. The van der Waals surface area contributed by atoms with Crippen LogP contribution in [0, 0.1) is 0 Å². The number of fused-ring (bicyclic) bond motifs is 1. The zero-order valence-corrected chi connectivity index (χ0v) is 19.4. The van der Waals surface area contributed by atoms with E-state index in [0.29, 0.717) is 16.5 Å². The first-order chi connectivity index (χ1) is 16.8. The van der Waals surface area contributed by atoms with E-state index in [1.54, 1.807) is 24.3 Å². The summed E-state index contributed by atoms with van der Waals surface area (Å²) in [7, 11) is 1.29. The molecule has 1 unspecified atom stereocenters. The van der Waals surface area contributed by atoms with Gasteiger partial charge in [-0.05, 0) is 24.3 Å². The van der Waals surface area contributed by atoms with Gasteiger partial charge in [0.1, 0.15) is 37.0 Å². The second kappa shape index (κ2) is 10.7. The van der Waals surface area contributed by atoms with Crippen molar-refractivity contribution < 1.29 is 39.4 Å². The number of aliphatic hydroxyl groups is 4. The molecular formula is C21H25N5O8S. The number of nitrogens with two attached hydrogens (primary N) is 1. The van der Waals surface area contributed by atoms with Crippen molar-refractivity contribution in [3.63, 3.8) is 0 Å². The van der Waals surface area contributed by atoms with Crippen LogP contribution in [0.2, 0.25) is 0 Å². The predicted octanol–water partition coefficient (Wildman–Crippen LogP) is -0.661. The summed E-state index contributed by atoms with van der Waals surface area (Å²) in [6.07, 6.45) is -4.44. The van der Waals surface area contributed by atoms with Crippen LogP contribution in [0.1, 0.15) is 16.6 Å². The summed E-state index contributed by atoms with van der Waals surface area (Å²) >= 11 is 1.14. The summed E-state index contributed by atoms with van der Waals surface area (Å²) in [5.41, 5.74) is 6.85. The number of esters is 1. The number of carbonyl (C=O) groups is 1. The van der Waals surface area contributed by atoms with Gasteiger partial charge >= 0.3 is 5.97 Å². The van der Waals surface area contributed by atoms with Crippen LogP contribution in [0.3, 0.4) is 0 Å². The van der Waals surface area contributed by atoms with Gasteiger partial charge in [0.15, 0.2) is 28.4 Å². The molecule has 1 aliphatic heterocycles. The zero-order valence-electron chi connectivity index (χ0n) is 18.6. The number of imidazole rings is 1. The van der Waals surface area contributed by atoms with Crippen LogP contribution in [0.5, 0.6) is 5.75 Å². The Morgan fingerprint density at radius 1 is 1.26 bits per heavy atom. The van der Waals surface area contributed by atoms with Crippen LogP contribution in [0.4, 0.5) is 5.82 Å². The van der Waals surface area contributed by atoms with Crippen molar-refractivity contribution >= 4 is 34.7 Å². The van der Waals surface area contributed by atoms with Crippen molar-refractivity contribution in [3.8, 4) is 5.75 Å². The van der Waals surface area contributed by atoms with E-state index < -0.39 is 43.2 Å². The quantitative estimate of drug-likeness (QED) is 0.181. The highest BCUT2D eigenvalue weighted by molar-refractivity contribution is 7.99. The van der Waals surface area contributed by atoms with E-state index in [0.717, 1.165) is 11.8 Å². The van der Waals surface area contributed by atoms with E-state index in [-0.39, 0.29) is 29.3 Å². The van der Waals surface area contributed by atoms with Crippen molar-refractivity contribution in [2.24, 2.45) is 0 Å². The normalized spacial score (nSPS) is 22.9. The van der Waals surface area contributed by atoms with E-state index in [4.69, 9.17) is 15.2 Å². The van der Waals surface area contributed by atoms with Gasteiger partial charge in [-0.15, -0.1) is 0 Å². The summed E-state index contributed by atoms with van der Waals surface area (Å²) < 4.78 is 17.3. The van der Waals surface area contributed by atoms with E-state index in [9.17, 15) is 25.2 Å². The number of ether oxygens (including phenoxy) is 3. The summed E-state index contributed by atoms with van der Waals surface area (Å²) in [5, 5.41) is 40.9. The fourth-order valence-electron chi connectivity index (χ4n) is 3.55. The molecule has 0 saturated carbocycles. The number of methoxy groups -OCH3 is 1. The van der Waals surface area contributed by atoms with Crippen LogP contribution in [0.25, 0.3) is 11.2 Å². The lowest BCUT2D eigenvalue weighted by Gasteiger charge is -2.19.